The van der Waals surface area contributed by atoms with Crippen LogP contribution in [-0.2, 0) is 0 Å². The Kier molecular flexibility index (Phi) is 14.1. The number of nitrogens with zero attached hydrogens (tertiary/aromatic N) is 4. The number of ether oxygens (including phenoxy) is 2. The highest BCUT2D eigenvalue weighted by atomic mass is 35.5. The zero-order valence-corrected chi connectivity index (χ0v) is 39.5. The number of nitrogens with one attached hydrogen (secondary N) is 4. The summed E-state index contributed by atoms with van der Waals surface area (Å²) in [5.41, 5.74) is 1.98. The van der Waals surface area contributed by atoms with Crippen LogP contribution < -0.4 is 30.7 Å². The minimum atomic E-state index is -0.738. The zero-order chi connectivity index (χ0) is 51.0. The Morgan fingerprint density at radius 1 is 0.425 bits per heavy atom. The van der Waals surface area contributed by atoms with Gasteiger partial charge in [-0.15, -0.1) is 20.5 Å². The van der Waals surface area contributed by atoms with Gasteiger partial charge in [-0.05, 0) is 89.6 Å². The van der Waals surface area contributed by atoms with E-state index in [-0.39, 0.29) is 72.9 Å². The van der Waals surface area contributed by atoms with Gasteiger partial charge in [0, 0.05) is 27.8 Å². The van der Waals surface area contributed by atoms with Crippen LogP contribution in [0.4, 0.5) is 45.5 Å². The summed E-state index contributed by atoms with van der Waals surface area (Å²) in [6.45, 7) is 0. The number of rotatable bonds is 14. The van der Waals surface area contributed by atoms with Gasteiger partial charge in [-0.3, -0.25) is 19.2 Å². The highest BCUT2D eigenvalue weighted by molar-refractivity contribution is 6.34. The number of phenolic OH excluding ortho intramolecular Hbond substituents is 2. The van der Waals surface area contributed by atoms with E-state index in [1.807, 2.05) is 12.1 Å². The van der Waals surface area contributed by atoms with Crippen LogP contribution in [-0.4, -0.2) is 48.1 Å². The molecule has 9 aromatic rings. The lowest BCUT2D eigenvalue weighted by Gasteiger charge is -2.14. The molecule has 0 aliphatic heterocycles. The smallest absolute Gasteiger partial charge is 0.259 e. The van der Waals surface area contributed by atoms with Gasteiger partial charge in [0.2, 0.25) is 0 Å². The van der Waals surface area contributed by atoms with Crippen molar-refractivity contribution in [2.75, 3.05) is 35.5 Å². The average Bonchev–Trinajstić information content (AvgIpc) is 3.41. The molecule has 0 radical (unpaired) electrons. The lowest BCUT2D eigenvalue weighted by Crippen LogP contribution is -2.14. The van der Waals surface area contributed by atoms with Gasteiger partial charge in [-0.25, -0.2) is 0 Å². The Bertz CT molecular complexity index is 3690. The number of benzene rings is 9. The minimum Gasteiger partial charge on any atom is -0.505 e. The molecule has 0 saturated heterocycles. The van der Waals surface area contributed by atoms with Gasteiger partial charge in [0.15, 0.2) is 23.0 Å². The van der Waals surface area contributed by atoms with Gasteiger partial charge in [-0.2, -0.15) is 0 Å². The van der Waals surface area contributed by atoms with Crippen molar-refractivity contribution in [1.82, 2.24) is 0 Å². The maximum atomic E-state index is 13.9. The monoisotopic (exact) mass is 988 g/mol. The summed E-state index contributed by atoms with van der Waals surface area (Å²) < 4.78 is 11.2. The van der Waals surface area contributed by atoms with Crippen molar-refractivity contribution in [1.29, 1.82) is 0 Å². The van der Waals surface area contributed by atoms with E-state index in [9.17, 15) is 29.4 Å². The summed E-state index contributed by atoms with van der Waals surface area (Å²) >= 11 is 6.70. The molecule has 0 aliphatic rings. The Hall–Kier alpha value is -9.93. The fourth-order valence-electron chi connectivity index (χ4n) is 7.91. The molecule has 0 atom stereocenters. The van der Waals surface area contributed by atoms with Gasteiger partial charge >= 0.3 is 0 Å². The number of hydrogen-bond acceptors (Lipinski definition) is 12. The fourth-order valence-corrected chi connectivity index (χ4v) is 8.14. The van der Waals surface area contributed by atoms with Crippen molar-refractivity contribution in [3.8, 4) is 23.0 Å². The van der Waals surface area contributed by atoms with E-state index >= 15 is 0 Å². The molecule has 0 heterocycles. The molecule has 4 amide bonds. The van der Waals surface area contributed by atoms with E-state index < -0.39 is 35.1 Å². The number of halogens is 1. The third-order valence-electron chi connectivity index (χ3n) is 11.4. The van der Waals surface area contributed by atoms with Crippen molar-refractivity contribution in [3.63, 3.8) is 0 Å². The largest absolute Gasteiger partial charge is 0.505 e. The lowest BCUT2D eigenvalue weighted by atomic mass is 10.0. The molecule has 0 saturated carbocycles. The number of hydrogen-bond donors (Lipinski definition) is 6. The second-order valence-corrected chi connectivity index (χ2v) is 16.5. The first-order valence-electron chi connectivity index (χ1n) is 22.3. The standard InChI is InChI=1S/C56H41ClN8O8/c1-72-51-39(53(68)58-34-17-5-3-6-18-34)23-13-25-45(51)62-64-47-37-21-11-9-15-32(37)29-41(49(47)66)55(70)60-36-27-28-44(43(57)31-36)61-56(71)42-30-33-16-10-12-22-38(33)48(50(42)67)65-63-46-26-14-24-40(52(46)73-2)54(69)59-35-19-7-4-8-20-35/h3-31,66-67H,1-2H3,(H,58,68)(H,59,69)(H,60,70)(H,61,71). The van der Waals surface area contributed by atoms with E-state index in [1.165, 1.54) is 44.6 Å². The molecule has 9 rings (SSSR count). The van der Waals surface area contributed by atoms with Crippen molar-refractivity contribution in [2.24, 2.45) is 20.5 Å². The summed E-state index contributed by atoms with van der Waals surface area (Å²) in [6.07, 6.45) is 0. The Balaban J connectivity index is 0.944. The number of fused-ring (bicyclic) bond motifs is 2. The number of methoxy groups -OCH3 is 2. The molecular formula is C56H41ClN8O8. The topological polar surface area (TPSA) is 225 Å². The van der Waals surface area contributed by atoms with Crippen LogP contribution in [0.5, 0.6) is 23.0 Å². The fraction of sp³-hybridized carbons (Fsp3) is 0.0357. The van der Waals surface area contributed by atoms with Gasteiger partial charge in [0.05, 0.1) is 47.2 Å². The van der Waals surface area contributed by atoms with Gasteiger partial charge in [0.25, 0.3) is 23.6 Å². The number of aromatic hydroxyl groups is 2. The van der Waals surface area contributed by atoms with Gasteiger partial charge in [0.1, 0.15) is 22.7 Å². The Morgan fingerprint density at radius 2 is 0.836 bits per heavy atom. The zero-order valence-electron chi connectivity index (χ0n) is 38.8. The van der Waals surface area contributed by atoms with Crippen LogP contribution in [0.15, 0.2) is 196 Å². The third-order valence-corrected chi connectivity index (χ3v) is 11.7. The third kappa shape index (κ3) is 10.4. The van der Waals surface area contributed by atoms with Crippen molar-refractivity contribution in [2.45, 2.75) is 0 Å². The predicted molar refractivity (Wildman–Crippen MR) is 282 cm³/mol. The van der Waals surface area contributed by atoms with Crippen LogP contribution in [0.25, 0.3) is 21.5 Å². The second-order valence-electron chi connectivity index (χ2n) is 16.0. The predicted octanol–water partition coefficient (Wildman–Crippen LogP) is 13.9. The highest BCUT2D eigenvalue weighted by Gasteiger charge is 2.23. The first-order valence-corrected chi connectivity index (χ1v) is 22.7. The normalized spacial score (nSPS) is 11.2. The Morgan fingerprint density at radius 3 is 1.29 bits per heavy atom. The Labute approximate surface area is 421 Å². The van der Waals surface area contributed by atoms with Crippen LogP contribution in [0, 0.1) is 0 Å². The maximum Gasteiger partial charge on any atom is 0.259 e. The number of amides is 4. The number of para-hydroxylation sites is 4. The SMILES string of the molecule is COc1c(N=Nc2c(O)c(C(=O)Nc3ccc(NC(=O)c4cc5ccccc5c(N=Nc5cccc(C(=O)Nc6ccccc6)c5OC)c4O)c(Cl)c3)cc3ccccc23)cccc1C(=O)Nc1ccccc1. The summed E-state index contributed by atoms with van der Waals surface area (Å²) in [7, 11) is 2.80. The highest BCUT2D eigenvalue weighted by Crippen LogP contribution is 2.43. The van der Waals surface area contributed by atoms with E-state index in [1.54, 1.807) is 133 Å². The summed E-state index contributed by atoms with van der Waals surface area (Å²) in [5.74, 6) is -3.00. The first-order chi connectivity index (χ1) is 35.5. The van der Waals surface area contributed by atoms with E-state index in [0.29, 0.717) is 32.9 Å². The van der Waals surface area contributed by atoms with Crippen molar-refractivity contribution >= 4 is 102 Å². The molecule has 6 N–H and O–H groups in total. The number of carbonyl (C=O) groups excluding carboxylic acids is 4. The summed E-state index contributed by atoms with van der Waals surface area (Å²) in [4.78, 5) is 54.4. The molecule has 0 spiro atoms. The quantitative estimate of drug-likeness (QED) is 0.0573. The molecule has 73 heavy (non-hydrogen) atoms. The molecule has 0 aromatic heterocycles. The number of anilines is 4. The van der Waals surface area contributed by atoms with E-state index in [0.717, 1.165) is 0 Å². The number of carbonyl (C=O) groups is 4. The molecule has 17 heteroatoms. The molecule has 360 valence electrons. The van der Waals surface area contributed by atoms with E-state index in [2.05, 4.69) is 41.7 Å². The number of azo groups is 2. The molecule has 0 fully saturated rings. The van der Waals surface area contributed by atoms with Crippen LogP contribution in [0.3, 0.4) is 0 Å². The summed E-state index contributed by atoms with van der Waals surface area (Å²) in [5, 5.41) is 54.0. The molecular weight excluding hydrogens is 948 g/mol. The summed E-state index contributed by atoms with van der Waals surface area (Å²) in [6, 6.07) is 48.8. The lowest BCUT2D eigenvalue weighted by molar-refractivity contribution is 0.101. The van der Waals surface area contributed by atoms with Gasteiger partial charge in [-0.1, -0.05) is 109 Å². The molecule has 0 unspecified atom stereocenters. The molecule has 9 aromatic carbocycles. The molecule has 0 bridgehead atoms. The average molecular weight is 989 g/mol. The molecule has 16 nitrogen and oxygen atoms in total. The van der Waals surface area contributed by atoms with Gasteiger partial charge < -0.3 is 41.0 Å². The number of phenols is 2. The first kappa shape index (κ1) is 48.1. The minimum absolute atomic E-state index is 0.0143. The van der Waals surface area contributed by atoms with Crippen LogP contribution in [0.1, 0.15) is 41.4 Å². The molecule has 0 aliphatic carbocycles. The van der Waals surface area contributed by atoms with Crippen LogP contribution in [0.2, 0.25) is 5.02 Å². The second kappa shape index (κ2) is 21.4. The van der Waals surface area contributed by atoms with Crippen molar-refractivity contribution < 1.29 is 38.9 Å². The van der Waals surface area contributed by atoms with Crippen molar-refractivity contribution in [3.05, 3.63) is 203 Å². The van der Waals surface area contributed by atoms with Crippen LogP contribution >= 0.6 is 11.6 Å². The van der Waals surface area contributed by atoms with E-state index in [4.69, 9.17) is 21.1 Å². The maximum absolute atomic E-state index is 13.9.